The van der Waals surface area contributed by atoms with Gasteiger partial charge in [0.2, 0.25) is 0 Å². The van der Waals surface area contributed by atoms with Crippen molar-refractivity contribution in [1.82, 2.24) is 4.98 Å². The van der Waals surface area contributed by atoms with Gasteiger partial charge in [-0.2, -0.15) is 0 Å². The van der Waals surface area contributed by atoms with E-state index in [9.17, 15) is 9.50 Å². The first-order chi connectivity index (χ1) is 9.24. The van der Waals surface area contributed by atoms with Gasteiger partial charge in [-0.15, -0.1) is 0 Å². The van der Waals surface area contributed by atoms with Crippen LogP contribution in [0.2, 0.25) is 0 Å². The molecule has 0 atom stereocenters. The molecular formula is C16H12FNO. The van der Waals surface area contributed by atoms with Gasteiger partial charge in [0.25, 0.3) is 0 Å². The summed E-state index contributed by atoms with van der Waals surface area (Å²) in [6, 6.07) is 13.7. The van der Waals surface area contributed by atoms with Gasteiger partial charge in [0, 0.05) is 23.6 Å². The molecule has 0 bridgehead atoms. The number of nitrogens with zero attached hydrogens (tertiary/aromatic N) is 1. The molecule has 1 aromatic heterocycles. The molecule has 2 nitrogen and oxygen atoms in total. The molecule has 0 aliphatic heterocycles. The smallest absolute Gasteiger partial charge is 0.123 e. The monoisotopic (exact) mass is 253 g/mol. The zero-order valence-corrected chi connectivity index (χ0v) is 10.2. The van der Waals surface area contributed by atoms with E-state index in [0.29, 0.717) is 12.0 Å². The van der Waals surface area contributed by atoms with Crippen LogP contribution in [-0.2, 0) is 6.42 Å². The van der Waals surface area contributed by atoms with E-state index in [1.807, 2.05) is 30.3 Å². The lowest BCUT2D eigenvalue weighted by atomic mass is 10.0. The fraction of sp³-hybridized carbons (Fsp3) is 0.0625. The maximum Gasteiger partial charge on any atom is 0.123 e. The summed E-state index contributed by atoms with van der Waals surface area (Å²) in [4.78, 5) is 4.29. The van der Waals surface area contributed by atoms with Gasteiger partial charge in [-0.25, -0.2) is 4.39 Å². The van der Waals surface area contributed by atoms with Gasteiger partial charge in [0.05, 0.1) is 5.52 Å². The van der Waals surface area contributed by atoms with E-state index >= 15 is 0 Å². The fourth-order valence-corrected chi connectivity index (χ4v) is 2.21. The minimum atomic E-state index is -0.342. The molecule has 0 radical (unpaired) electrons. The average molecular weight is 253 g/mol. The number of benzene rings is 2. The Hall–Kier alpha value is -2.42. The molecule has 3 heteroatoms. The summed E-state index contributed by atoms with van der Waals surface area (Å²) in [5.74, 6) is -0.228. The van der Waals surface area contributed by atoms with Crippen LogP contribution in [0.1, 0.15) is 11.1 Å². The van der Waals surface area contributed by atoms with Gasteiger partial charge < -0.3 is 5.11 Å². The van der Waals surface area contributed by atoms with Crippen molar-refractivity contribution in [1.29, 1.82) is 0 Å². The van der Waals surface area contributed by atoms with E-state index in [-0.39, 0.29) is 11.6 Å². The summed E-state index contributed by atoms with van der Waals surface area (Å²) in [7, 11) is 0. The molecule has 19 heavy (non-hydrogen) atoms. The quantitative estimate of drug-likeness (QED) is 0.756. The predicted molar refractivity (Wildman–Crippen MR) is 72.6 cm³/mol. The molecule has 1 N–H and O–H groups in total. The molecule has 3 rings (SSSR count). The van der Waals surface area contributed by atoms with Gasteiger partial charge in [0.15, 0.2) is 0 Å². The van der Waals surface area contributed by atoms with Crippen LogP contribution < -0.4 is 0 Å². The van der Waals surface area contributed by atoms with Crippen molar-refractivity contribution in [2.45, 2.75) is 6.42 Å². The maximum absolute atomic E-state index is 13.2. The number of fused-ring (bicyclic) bond motifs is 1. The minimum Gasteiger partial charge on any atom is -0.508 e. The van der Waals surface area contributed by atoms with Crippen molar-refractivity contribution >= 4 is 10.9 Å². The number of hydrogen-bond acceptors (Lipinski definition) is 2. The number of rotatable bonds is 2. The molecule has 0 fully saturated rings. The van der Waals surface area contributed by atoms with Crippen LogP contribution in [0.5, 0.6) is 5.75 Å². The molecule has 0 saturated heterocycles. The molecule has 0 spiro atoms. The minimum absolute atomic E-state index is 0.113. The molecule has 0 amide bonds. The van der Waals surface area contributed by atoms with Crippen LogP contribution in [0, 0.1) is 5.82 Å². The summed E-state index contributed by atoms with van der Waals surface area (Å²) >= 11 is 0. The molecule has 94 valence electrons. The Morgan fingerprint density at radius 2 is 1.84 bits per heavy atom. The van der Waals surface area contributed by atoms with Crippen molar-refractivity contribution in [3.05, 3.63) is 71.7 Å². The first-order valence-electron chi connectivity index (χ1n) is 6.04. The van der Waals surface area contributed by atoms with Crippen LogP contribution in [0.15, 0.2) is 54.7 Å². The number of para-hydroxylation sites is 1. The number of halogens is 1. The van der Waals surface area contributed by atoms with Crippen molar-refractivity contribution in [2.75, 3.05) is 0 Å². The van der Waals surface area contributed by atoms with Crippen molar-refractivity contribution in [2.24, 2.45) is 0 Å². The van der Waals surface area contributed by atoms with Gasteiger partial charge in [0.1, 0.15) is 11.6 Å². The second-order valence-corrected chi connectivity index (χ2v) is 4.44. The lowest BCUT2D eigenvalue weighted by molar-refractivity contribution is 0.467. The highest BCUT2D eigenvalue weighted by molar-refractivity contribution is 5.82. The van der Waals surface area contributed by atoms with Crippen molar-refractivity contribution in [3.8, 4) is 5.75 Å². The fourth-order valence-electron chi connectivity index (χ4n) is 2.21. The van der Waals surface area contributed by atoms with Crippen LogP contribution in [0.3, 0.4) is 0 Å². The Labute approximate surface area is 110 Å². The standard InChI is InChI=1S/C16H12FNO/c17-13-5-6-16(19)12(10-13)9-11-7-8-18-15-4-2-1-3-14(11)15/h1-8,10,19H,9H2. The van der Waals surface area contributed by atoms with Gasteiger partial charge in [-0.05, 0) is 35.9 Å². The second-order valence-electron chi connectivity index (χ2n) is 4.44. The highest BCUT2D eigenvalue weighted by Crippen LogP contribution is 2.24. The van der Waals surface area contributed by atoms with Crippen LogP contribution >= 0.6 is 0 Å². The zero-order valence-electron chi connectivity index (χ0n) is 10.2. The molecule has 0 aliphatic carbocycles. The van der Waals surface area contributed by atoms with E-state index < -0.39 is 0 Å². The first-order valence-corrected chi connectivity index (χ1v) is 6.04. The molecule has 0 saturated carbocycles. The summed E-state index contributed by atoms with van der Waals surface area (Å²) in [5.41, 5.74) is 2.50. The van der Waals surface area contributed by atoms with E-state index in [1.165, 1.54) is 18.2 Å². The lowest BCUT2D eigenvalue weighted by Crippen LogP contribution is -1.93. The molecular weight excluding hydrogens is 241 g/mol. The Bertz CT molecular complexity index is 734. The zero-order chi connectivity index (χ0) is 13.2. The topological polar surface area (TPSA) is 33.1 Å². The number of pyridine rings is 1. The molecule has 3 aromatic rings. The number of hydrogen-bond donors (Lipinski definition) is 1. The average Bonchev–Trinajstić information content (AvgIpc) is 2.43. The second kappa shape index (κ2) is 4.69. The number of phenolic OH excluding ortho intramolecular Hbond substituents is 1. The first kappa shape index (κ1) is 11.7. The van der Waals surface area contributed by atoms with Crippen LogP contribution in [0.4, 0.5) is 4.39 Å². The lowest BCUT2D eigenvalue weighted by Gasteiger charge is -2.08. The third-order valence-electron chi connectivity index (χ3n) is 3.16. The molecule has 0 aliphatic rings. The molecule has 0 unspecified atom stereocenters. The van der Waals surface area contributed by atoms with E-state index in [1.54, 1.807) is 6.20 Å². The SMILES string of the molecule is Oc1ccc(F)cc1Cc1ccnc2ccccc12. The largest absolute Gasteiger partial charge is 0.508 e. The maximum atomic E-state index is 13.2. The highest BCUT2D eigenvalue weighted by atomic mass is 19.1. The number of aromatic nitrogens is 1. The van der Waals surface area contributed by atoms with E-state index in [2.05, 4.69) is 4.98 Å². The Morgan fingerprint density at radius 3 is 2.74 bits per heavy atom. The van der Waals surface area contributed by atoms with Crippen molar-refractivity contribution < 1.29 is 9.50 Å². The number of phenols is 1. The van der Waals surface area contributed by atoms with Crippen LogP contribution in [0.25, 0.3) is 10.9 Å². The summed E-state index contributed by atoms with van der Waals surface area (Å²) in [6.45, 7) is 0. The molecule has 2 aromatic carbocycles. The Balaban J connectivity index is 2.08. The van der Waals surface area contributed by atoms with E-state index in [4.69, 9.17) is 0 Å². The third-order valence-corrected chi connectivity index (χ3v) is 3.16. The Morgan fingerprint density at radius 1 is 1.00 bits per heavy atom. The van der Waals surface area contributed by atoms with Gasteiger partial charge in [-0.3, -0.25) is 4.98 Å². The van der Waals surface area contributed by atoms with Gasteiger partial charge in [-0.1, -0.05) is 18.2 Å². The summed E-state index contributed by atoms with van der Waals surface area (Å²) < 4.78 is 13.2. The summed E-state index contributed by atoms with van der Waals surface area (Å²) in [6.07, 6.45) is 2.21. The Kier molecular flexibility index (Phi) is 2.88. The van der Waals surface area contributed by atoms with Crippen molar-refractivity contribution in [3.63, 3.8) is 0 Å². The highest BCUT2D eigenvalue weighted by Gasteiger charge is 2.07. The molecule has 1 heterocycles. The van der Waals surface area contributed by atoms with Gasteiger partial charge >= 0.3 is 0 Å². The van der Waals surface area contributed by atoms with Crippen LogP contribution in [-0.4, -0.2) is 10.1 Å². The van der Waals surface area contributed by atoms with E-state index in [0.717, 1.165) is 16.5 Å². The summed E-state index contributed by atoms with van der Waals surface area (Å²) in [5, 5.41) is 10.8. The predicted octanol–water partition coefficient (Wildman–Crippen LogP) is 3.67. The number of aromatic hydroxyl groups is 1. The normalized spacial score (nSPS) is 10.8. The third kappa shape index (κ3) is 2.27.